The number of halogens is 4. The van der Waals surface area contributed by atoms with Crippen molar-refractivity contribution in [1.29, 1.82) is 0 Å². The van der Waals surface area contributed by atoms with Crippen LogP contribution in [0.2, 0.25) is 5.02 Å². The minimum atomic E-state index is -4.68. The molecule has 1 atom stereocenters. The van der Waals surface area contributed by atoms with Crippen molar-refractivity contribution in [3.05, 3.63) is 52.5 Å². The van der Waals surface area contributed by atoms with E-state index in [1.807, 2.05) is 19.9 Å². The fourth-order valence-electron chi connectivity index (χ4n) is 3.19. The number of fused-ring (bicyclic) bond motifs is 1. The number of carbonyl (C=O) groups excluding carboxylic acids is 2. The van der Waals surface area contributed by atoms with Crippen molar-refractivity contribution in [2.75, 3.05) is 11.9 Å². The van der Waals surface area contributed by atoms with E-state index in [2.05, 4.69) is 5.32 Å². The Balaban J connectivity index is 1.56. The van der Waals surface area contributed by atoms with E-state index in [-0.39, 0.29) is 11.3 Å². The van der Waals surface area contributed by atoms with Crippen LogP contribution in [-0.4, -0.2) is 30.2 Å². The van der Waals surface area contributed by atoms with Crippen molar-refractivity contribution in [1.82, 2.24) is 0 Å². The molecule has 2 aromatic carbocycles. The first kappa shape index (κ1) is 23.7. The summed E-state index contributed by atoms with van der Waals surface area (Å²) >= 11 is 5.56. The molecule has 32 heavy (non-hydrogen) atoms. The highest BCUT2D eigenvalue weighted by atomic mass is 35.5. The Kier molecular flexibility index (Phi) is 6.59. The zero-order chi connectivity index (χ0) is 23.7. The Morgan fingerprint density at radius 1 is 1.25 bits per heavy atom. The molecule has 1 aliphatic heterocycles. The summed E-state index contributed by atoms with van der Waals surface area (Å²) in [5, 5.41) is 1.77. The van der Waals surface area contributed by atoms with Gasteiger partial charge in [-0.3, -0.25) is 4.79 Å². The van der Waals surface area contributed by atoms with Crippen LogP contribution >= 0.6 is 11.6 Å². The zero-order valence-electron chi connectivity index (χ0n) is 17.5. The zero-order valence-corrected chi connectivity index (χ0v) is 18.3. The first-order valence-electron chi connectivity index (χ1n) is 9.66. The number of para-hydroxylation sites is 1. The second-order valence-electron chi connectivity index (χ2n) is 7.89. The second-order valence-corrected chi connectivity index (χ2v) is 8.29. The van der Waals surface area contributed by atoms with E-state index >= 15 is 0 Å². The minimum absolute atomic E-state index is 0.134. The Labute approximate surface area is 187 Å². The molecule has 0 unspecified atom stereocenters. The highest BCUT2D eigenvalue weighted by molar-refractivity contribution is 6.31. The summed E-state index contributed by atoms with van der Waals surface area (Å²) in [5.41, 5.74) is -0.654. The Morgan fingerprint density at radius 3 is 2.66 bits per heavy atom. The second kappa shape index (κ2) is 8.90. The Hall–Kier alpha value is -2.94. The molecule has 0 aliphatic carbocycles. The van der Waals surface area contributed by atoms with Crippen molar-refractivity contribution in [3.63, 3.8) is 0 Å². The van der Waals surface area contributed by atoms with E-state index in [0.717, 1.165) is 11.6 Å². The summed E-state index contributed by atoms with van der Waals surface area (Å²) in [6, 6.07) is 8.28. The van der Waals surface area contributed by atoms with Crippen LogP contribution in [-0.2, 0) is 26.9 Å². The molecule has 1 aliphatic rings. The molecule has 0 bridgehead atoms. The van der Waals surface area contributed by atoms with Crippen LogP contribution in [0.4, 0.5) is 18.9 Å². The molecule has 0 fully saturated rings. The third-order valence-corrected chi connectivity index (χ3v) is 4.95. The van der Waals surface area contributed by atoms with Gasteiger partial charge in [0.1, 0.15) is 5.60 Å². The summed E-state index contributed by atoms with van der Waals surface area (Å²) in [6.07, 6.45) is -5.25. The summed E-state index contributed by atoms with van der Waals surface area (Å²) in [6.45, 7) is 4.68. The fourth-order valence-corrected chi connectivity index (χ4v) is 3.41. The van der Waals surface area contributed by atoms with Crippen LogP contribution in [0.3, 0.4) is 0 Å². The molecule has 0 saturated heterocycles. The van der Waals surface area contributed by atoms with Crippen LogP contribution in [0.15, 0.2) is 36.4 Å². The van der Waals surface area contributed by atoms with Gasteiger partial charge in [-0.25, -0.2) is 4.79 Å². The number of hydrogen-bond donors (Lipinski definition) is 1. The summed E-state index contributed by atoms with van der Waals surface area (Å²) in [4.78, 5) is 24.3. The number of esters is 1. The standard InChI is InChI=1S/C22H21ClF3NO5/c1-12(20(29)27-14-7-8-16(23)15(9-14)22(24,25)26)31-18(28)11-30-17-6-4-5-13-10-21(2,3)32-19(13)17/h4-9,12H,10-11H2,1-3H3,(H,27,29)/t12-/m1/s1. The molecule has 2 aromatic rings. The molecule has 1 N–H and O–H groups in total. The Bertz CT molecular complexity index is 1040. The maximum absolute atomic E-state index is 13.0. The van der Waals surface area contributed by atoms with E-state index < -0.39 is 41.3 Å². The molecule has 1 heterocycles. The lowest BCUT2D eigenvalue weighted by Gasteiger charge is -2.18. The summed E-state index contributed by atoms with van der Waals surface area (Å²) in [5.74, 6) is -0.698. The SMILES string of the molecule is C[C@@H](OC(=O)COc1cccc2c1OC(C)(C)C2)C(=O)Nc1ccc(Cl)c(C(F)(F)F)c1. The lowest BCUT2D eigenvalue weighted by molar-refractivity contribution is -0.155. The van der Waals surface area contributed by atoms with Crippen molar-refractivity contribution < 1.29 is 37.0 Å². The first-order chi connectivity index (χ1) is 14.9. The number of benzene rings is 2. The van der Waals surface area contributed by atoms with E-state index in [1.54, 1.807) is 12.1 Å². The number of hydrogen-bond acceptors (Lipinski definition) is 5. The molecule has 1 amide bonds. The van der Waals surface area contributed by atoms with Gasteiger partial charge in [-0.15, -0.1) is 0 Å². The largest absolute Gasteiger partial charge is 0.483 e. The van der Waals surface area contributed by atoms with Crippen LogP contribution in [0, 0.1) is 0 Å². The van der Waals surface area contributed by atoms with E-state index in [9.17, 15) is 22.8 Å². The average molecular weight is 472 g/mol. The summed E-state index contributed by atoms with van der Waals surface area (Å²) < 4.78 is 55.2. The fraction of sp³-hybridized carbons (Fsp3) is 0.364. The molecular weight excluding hydrogens is 451 g/mol. The van der Waals surface area contributed by atoms with Gasteiger partial charge in [-0.05, 0) is 45.0 Å². The Morgan fingerprint density at radius 2 is 1.97 bits per heavy atom. The van der Waals surface area contributed by atoms with Gasteiger partial charge >= 0.3 is 12.1 Å². The average Bonchev–Trinajstić information content (AvgIpc) is 3.01. The third kappa shape index (κ3) is 5.64. The molecule has 172 valence electrons. The molecule has 0 spiro atoms. The minimum Gasteiger partial charge on any atom is -0.483 e. The number of amides is 1. The van der Waals surface area contributed by atoms with Crippen molar-refractivity contribution in [3.8, 4) is 11.5 Å². The van der Waals surface area contributed by atoms with Crippen LogP contribution in [0.1, 0.15) is 31.9 Å². The topological polar surface area (TPSA) is 73.9 Å². The molecule has 0 radical (unpaired) electrons. The van der Waals surface area contributed by atoms with Crippen LogP contribution < -0.4 is 14.8 Å². The van der Waals surface area contributed by atoms with Gasteiger partial charge in [0.05, 0.1) is 10.6 Å². The van der Waals surface area contributed by atoms with E-state index in [1.165, 1.54) is 13.0 Å². The predicted octanol–water partition coefficient (Wildman–Crippen LogP) is 5.02. The number of ether oxygens (including phenoxy) is 3. The number of nitrogens with one attached hydrogen (secondary N) is 1. The van der Waals surface area contributed by atoms with Crippen molar-refractivity contribution in [2.45, 2.75) is 45.1 Å². The number of anilines is 1. The maximum atomic E-state index is 13.0. The van der Waals surface area contributed by atoms with Crippen molar-refractivity contribution in [2.24, 2.45) is 0 Å². The number of alkyl halides is 3. The van der Waals surface area contributed by atoms with Gasteiger partial charge in [0.25, 0.3) is 5.91 Å². The molecular formula is C22H21ClF3NO5. The van der Waals surface area contributed by atoms with Gasteiger partial charge in [0, 0.05) is 17.7 Å². The maximum Gasteiger partial charge on any atom is 0.417 e. The van der Waals surface area contributed by atoms with Crippen molar-refractivity contribution >= 4 is 29.2 Å². The van der Waals surface area contributed by atoms with Gasteiger partial charge in [0.2, 0.25) is 0 Å². The highest BCUT2D eigenvalue weighted by Gasteiger charge is 2.34. The van der Waals surface area contributed by atoms with Gasteiger partial charge < -0.3 is 19.5 Å². The lowest BCUT2D eigenvalue weighted by Crippen LogP contribution is -2.31. The molecule has 6 nitrogen and oxygen atoms in total. The van der Waals surface area contributed by atoms with Gasteiger partial charge in [0.15, 0.2) is 24.2 Å². The summed E-state index contributed by atoms with van der Waals surface area (Å²) in [7, 11) is 0. The third-order valence-electron chi connectivity index (χ3n) is 4.62. The highest BCUT2D eigenvalue weighted by Crippen LogP contribution is 2.41. The first-order valence-corrected chi connectivity index (χ1v) is 10.0. The quantitative estimate of drug-likeness (QED) is 0.599. The molecule has 0 aromatic heterocycles. The van der Waals surface area contributed by atoms with E-state index in [0.29, 0.717) is 24.0 Å². The predicted molar refractivity (Wildman–Crippen MR) is 111 cm³/mol. The van der Waals surface area contributed by atoms with Crippen LogP contribution in [0.5, 0.6) is 11.5 Å². The lowest BCUT2D eigenvalue weighted by atomic mass is 10.0. The smallest absolute Gasteiger partial charge is 0.417 e. The van der Waals surface area contributed by atoms with Gasteiger partial charge in [-0.1, -0.05) is 23.7 Å². The molecule has 3 rings (SSSR count). The number of rotatable bonds is 6. The van der Waals surface area contributed by atoms with E-state index in [4.69, 9.17) is 25.8 Å². The number of carbonyl (C=O) groups is 2. The molecule has 10 heteroatoms. The van der Waals surface area contributed by atoms with Gasteiger partial charge in [-0.2, -0.15) is 13.2 Å². The van der Waals surface area contributed by atoms with Crippen LogP contribution in [0.25, 0.3) is 0 Å². The normalized spacial score (nSPS) is 15.3. The monoisotopic (exact) mass is 471 g/mol. The molecule has 0 saturated carbocycles.